The van der Waals surface area contributed by atoms with Gasteiger partial charge in [-0.2, -0.15) is 0 Å². The predicted molar refractivity (Wildman–Crippen MR) is 66.8 cm³/mol. The van der Waals surface area contributed by atoms with E-state index in [-0.39, 0.29) is 0 Å². The first-order valence-electron chi connectivity index (χ1n) is 5.46. The summed E-state index contributed by atoms with van der Waals surface area (Å²) in [5.74, 6) is 0. The van der Waals surface area contributed by atoms with Gasteiger partial charge in [0.1, 0.15) is 11.0 Å². The first-order chi connectivity index (χ1) is 7.81. The first kappa shape index (κ1) is 11.6. The lowest BCUT2D eigenvalue weighted by atomic mass is 10.3. The van der Waals surface area contributed by atoms with E-state index < -0.39 is 11.0 Å². The summed E-state index contributed by atoms with van der Waals surface area (Å²) in [4.78, 5) is 0.876. The van der Waals surface area contributed by atoms with Gasteiger partial charge in [-0.25, -0.2) is 8.51 Å². The average Bonchev–Trinajstić information content (AvgIpc) is 2.39. The Labute approximate surface area is 98.6 Å². The van der Waals surface area contributed by atoms with Gasteiger partial charge in [0.2, 0.25) is 0 Å². The van der Waals surface area contributed by atoms with E-state index in [1.54, 1.807) is 0 Å². The summed E-state index contributed by atoms with van der Waals surface area (Å²) in [5.41, 5.74) is 1.04. The molecular weight excluding hydrogens is 222 g/mol. The summed E-state index contributed by atoms with van der Waals surface area (Å²) in [7, 11) is 0.863. The van der Waals surface area contributed by atoms with E-state index in [9.17, 15) is 4.21 Å². The molecule has 1 fully saturated rings. The Morgan fingerprint density at radius 1 is 1.25 bits per heavy atom. The van der Waals surface area contributed by atoms with Crippen LogP contribution in [0.3, 0.4) is 0 Å². The number of nitrogens with zero attached hydrogens (tertiary/aromatic N) is 1. The largest absolute Gasteiger partial charge is 0.388 e. The molecular formula is C11H17N3OS. The van der Waals surface area contributed by atoms with Crippen molar-refractivity contribution in [1.82, 2.24) is 9.62 Å². The maximum atomic E-state index is 12.2. The Morgan fingerprint density at radius 3 is 2.44 bits per heavy atom. The third-order valence-corrected chi connectivity index (χ3v) is 4.16. The van der Waals surface area contributed by atoms with Gasteiger partial charge in [0, 0.05) is 38.9 Å². The van der Waals surface area contributed by atoms with Crippen molar-refractivity contribution in [3.63, 3.8) is 0 Å². The fourth-order valence-corrected chi connectivity index (χ4v) is 2.88. The van der Waals surface area contributed by atoms with Crippen LogP contribution >= 0.6 is 0 Å². The number of benzene rings is 1. The maximum absolute atomic E-state index is 12.2. The lowest BCUT2D eigenvalue weighted by Crippen LogP contribution is -2.44. The van der Waals surface area contributed by atoms with Gasteiger partial charge in [0.25, 0.3) is 0 Å². The summed E-state index contributed by atoms with van der Waals surface area (Å²) in [6.45, 7) is 3.53. The van der Waals surface area contributed by atoms with E-state index in [0.717, 1.165) is 36.8 Å². The molecule has 4 nitrogen and oxygen atoms in total. The zero-order valence-corrected chi connectivity index (χ0v) is 10.2. The average molecular weight is 239 g/mol. The highest BCUT2D eigenvalue weighted by Crippen LogP contribution is 2.14. The number of piperazine rings is 1. The van der Waals surface area contributed by atoms with E-state index in [1.165, 1.54) is 0 Å². The minimum absolute atomic E-state index is 0.848. The normalized spacial score (nSPS) is 19.3. The molecule has 16 heavy (non-hydrogen) atoms. The predicted octanol–water partition coefficient (Wildman–Crippen LogP) is 0.656. The molecule has 2 rings (SSSR count). The topological polar surface area (TPSA) is 44.4 Å². The van der Waals surface area contributed by atoms with Gasteiger partial charge in [-0.1, -0.05) is 0 Å². The smallest absolute Gasteiger partial charge is 0.127 e. The van der Waals surface area contributed by atoms with Gasteiger partial charge >= 0.3 is 0 Å². The molecule has 1 aliphatic heterocycles. The number of hydrogen-bond donors (Lipinski definition) is 2. The molecule has 5 heteroatoms. The molecule has 1 saturated heterocycles. The standard InChI is InChI=1S/C11H17N3OS/c1-12-10-2-4-11(5-3-10)16(15)14-8-6-13-7-9-14/h2-5,12-13H,6-9H2,1H3. The highest BCUT2D eigenvalue weighted by molar-refractivity contribution is 7.82. The minimum atomic E-state index is -1.01. The molecule has 1 unspecified atom stereocenters. The van der Waals surface area contributed by atoms with E-state index in [0.29, 0.717) is 0 Å². The molecule has 0 aromatic heterocycles. The molecule has 0 bridgehead atoms. The van der Waals surface area contributed by atoms with Gasteiger partial charge in [-0.15, -0.1) is 0 Å². The van der Waals surface area contributed by atoms with Crippen molar-refractivity contribution < 1.29 is 4.21 Å². The number of hydrogen-bond acceptors (Lipinski definition) is 3. The van der Waals surface area contributed by atoms with Crippen molar-refractivity contribution >= 4 is 16.7 Å². The Morgan fingerprint density at radius 2 is 1.88 bits per heavy atom. The minimum Gasteiger partial charge on any atom is -0.388 e. The van der Waals surface area contributed by atoms with Gasteiger partial charge in [0.05, 0.1) is 4.90 Å². The van der Waals surface area contributed by atoms with Crippen LogP contribution in [0, 0.1) is 0 Å². The molecule has 0 radical (unpaired) electrons. The molecule has 1 aliphatic rings. The third-order valence-electron chi connectivity index (χ3n) is 2.66. The van der Waals surface area contributed by atoms with Crippen molar-refractivity contribution in [3.8, 4) is 0 Å². The molecule has 1 aromatic rings. The highest BCUT2D eigenvalue weighted by atomic mass is 32.2. The van der Waals surface area contributed by atoms with E-state index in [2.05, 4.69) is 10.6 Å². The van der Waals surface area contributed by atoms with Crippen molar-refractivity contribution in [2.75, 3.05) is 38.5 Å². The molecule has 0 spiro atoms. The number of nitrogens with one attached hydrogen (secondary N) is 2. The first-order valence-corrected chi connectivity index (χ1v) is 6.57. The zero-order valence-electron chi connectivity index (χ0n) is 9.40. The Balaban J connectivity index is 2.07. The number of rotatable bonds is 3. The Kier molecular flexibility index (Phi) is 3.93. The molecule has 1 aromatic carbocycles. The fourth-order valence-electron chi connectivity index (χ4n) is 1.70. The van der Waals surface area contributed by atoms with Gasteiger partial charge < -0.3 is 10.6 Å². The highest BCUT2D eigenvalue weighted by Gasteiger charge is 2.17. The van der Waals surface area contributed by atoms with Crippen LogP contribution < -0.4 is 10.6 Å². The Bertz CT molecular complexity index is 360. The van der Waals surface area contributed by atoms with Gasteiger partial charge in [-0.05, 0) is 24.3 Å². The molecule has 88 valence electrons. The summed E-state index contributed by atoms with van der Waals surface area (Å²) in [5, 5.41) is 6.30. The van der Waals surface area contributed by atoms with Crippen LogP contribution in [0.15, 0.2) is 29.2 Å². The van der Waals surface area contributed by atoms with E-state index in [4.69, 9.17) is 0 Å². The van der Waals surface area contributed by atoms with Crippen LogP contribution in [0.5, 0.6) is 0 Å². The molecule has 1 atom stereocenters. The summed E-state index contributed by atoms with van der Waals surface area (Å²) in [6.07, 6.45) is 0. The van der Waals surface area contributed by atoms with E-state index >= 15 is 0 Å². The fraction of sp³-hybridized carbons (Fsp3) is 0.455. The lowest BCUT2D eigenvalue weighted by Gasteiger charge is -2.25. The van der Waals surface area contributed by atoms with Gasteiger partial charge in [-0.3, -0.25) is 0 Å². The molecule has 0 saturated carbocycles. The zero-order chi connectivity index (χ0) is 11.4. The van der Waals surface area contributed by atoms with Crippen molar-refractivity contribution in [3.05, 3.63) is 24.3 Å². The van der Waals surface area contributed by atoms with Crippen LogP contribution in [0.25, 0.3) is 0 Å². The lowest BCUT2D eigenvalue weighted by molar-refractivity contribution is 0.380. The third kappa shape index (κ3) is 2.61. The molecule has 0 aliphatic carbocycles. The molecule has 1 heterocycles. The van der Waals surface area contributed by atoms with Crippen molar-refractivity contribution in [1.29, 1.82) is 0 Å². The van der Waals surface area contributed by atoms with Crippen LogP contribution in [0.4, 0.5) is 5.69 Å². The molecule has 0 amide bonds. The quantitative estimate of drug-likeness (QED) is 0.814. The SMILES string of the molecule is CNc1ccc(S(=O)N2CCNCC2)cc1. The van der Waals surface area contributed by atoms with Crippen LogP contribution in [-0.2, 0) is 11.0 Å². The van der Waals surface area contributed by atoms with Crippen LogP contribution in [0.1, 0.15) is 0 Å². The van der Waals surface area contributed by atoms with Gasteiger partial charge in [0.15, 0.2) is 0 Å². The second-order valence-corrected chi connectivity index (χ2v) is 5.19. The number of anilines is 1. The van der Waals surface area contributed by atoms with Crippen molar-refractivity contribution in [2.45, 2.75) is 4.90 Å². The molecule has 2 N–H and O–H groups in total. The maximum Gasteiger partial charge on any atom is 0.127 e. The van der Waals surface area contributed by atoms with Crippen molar-refractivity contribution in [2.24, 2.45) is 0 Å². The second-order valence-electron chi connectivity index (χ2n) is 3.70. The van der Waals surface area contributed by atoms with Crippen LogP contribution in [0.2, 0.25) is 0 Å². The summed E-state index contributed by atoms with van der Waals surface area (Å²) >= 11 is 0. The Hall–Kier alpha value is -0.910. The monoisotopic (exact) mass is 239 g/mol. The second kappa shape index (κ2) is 5.43. The van der Waals surface area contributed by atoms with E-state index in [1.807, 2.05) is 35.6 Å². The summed E-state index contributed by atoms with van der Waals surface area (Å²) in [6, 6.07) is 7.75. The van der Waals surface area contributed by atoms with Crippen LogP contribution in [-0.4, -0.2) is 41.7 Å². The summed E-state index contributed by atoms with van der Waals surface area (Å²) < 4.78 is 14.2.